The zero-order chi connectivity index (χ0) is 44.6. The van der Waals surface area contributed by atoms with Crippen LogP contribution in [0.3, 0.4) is 0 Å². The molecule has 5 aromatic rings. The number of hydrogen-bond donors (Lipinski definition) is 3. The van der Waals surface area contributed by atoms with E-state index in [-0.39, 0.29) is 35.0 Å². The molecule has 5 aromatic carbocycles. The zero-order valence-electron chi connectivity index (χ0n) is 31.4. The molecule has 0 unspecified atom stereocenters. The Morgan fingerprint density at radius 2 is 1.08 bits per heavy atom. The summed E-state index contributed by atoms with van der Waals surface area (Å²) in [5.41, 5.74) is 15.0. The van der Waals surface area contributed by atoms with Crippen LogP contribution in [0.25, 0.3) is 12.2 Å². The molecular weight excluding hydrogens is 818 g/mol. The lowest BCUT2D eigenvalue weighted by Gasteiger charge is -2.09. The second-order valence-electron chi connectivity index (χ2n) is 12.3. The van der Waals surface area contributed by atoms with Crippen molar-refractivity contribution >= 4 is 47.4 Å². The first-order valence-corrected chi connectivity index (χ1v) is 17.5. The number of carbonyl (C=O) groups excluding carboxylic acids is 3. The van der Waals surface area contributed by atoms with Gasteiger partial charge < -0.3 is 40.3 Å². The topological polar surface area (TPSA) is 187 Å². The molecule has 0 aliphatic rings. The zero-order valence-corrected chi connectivity index (χ0v) is 31.4. The predicted molar refractivity (Wildman–Crippen MR) is 210 cm³/mol. The first kappa shape index (κ1) is 45.9. The molecule has 0 fully saturated rings. The Hall–Kier alpha value is -7.76. The molecule has 0 heterocycles. The Bertz CT molecular complexity index is 2330. The highest BCUT2D eigenvalue weighted by Gasteiger charge is 2.31. The molecule has 61 heavy (non-hydrogen) atoms. The first-order valence-electron chi connectivity index (χ1n) is 17.5. The summed E-state index contributed by atoms with van der Waals surface area (Å²) in [6.07, 6.45) is -3.68. The maximum atomic E-state index is 12.3. The molecule has 0 aliphatic heterocycles. The lowest BCUT2D eigenvalue weighted by atomic mass is 10.1. The Kier molecular flexibility index (Phi) is 16.0. The average Bonchev–Trinajstić information content (AvgIpc) is 3.20. The smallest absolute Gasteiger partial charge is 0.484 e. The van der Waals surface area contributed by atoms with Gasteiger partial charge in [-0.25, -0.2) is 19.2 Å². The van der Waals surface area contributed by atoms with E-state index < -0.39 is 48.8 Å². The van der Waals surface area contributed by atoms with Crippen molar-refractivity contribution in [3.63, 3.8) is 0 Å². The minimum Gasteiger partial charge on any atom is -0.484 e. The highest BCUT2D eigenvalue weighted by Crippen LogP contribution is 2.24. The fraction of sp³-hybridized carbons (Fsp3) is 0.116. The van der Waals surface area contributed by atoms with Gasteiger partial charge in [-0.15, -0.1) is 13.2 Å². The Morgan fingerprint density at radius 1 is 0.607 bits per heavy atom. The molecule has 0 atom stereocenters. The number of ether oxygens (including phenoxy) is 5. The van der Waals surface area contributed by atoms with Gasteiger partial charge in [-0.1, -0.05) is 24.3 Å². The van der Waals surface area contributed by atoms with Crippen molar-refractivity contribution in [2.24, 2.45) is 0 Å². The number of carboxylic acids is 1. The Morgan fingerprint density at radius 3 is 1.56 bits per heavy atom. The number of alkyl halides is 6. The highest BCUT2D eigenvalue weighted by atomic mass is 19.4. The van der Waals surface area contributed by atoms with E-state index in [1.165, 1.54) is 60.7 Å². The summed E-state index contributed by atoms with van der Waals surface area (Å²) in [6, 6.07) is 26.9. The largest absolute Gasteiger partial charge is 0.573 e. The molecule has 0 amide bonds. The number of carbonyl (C=O) groups is 4. The second kappa shape index (κ2) is 21.3. The highest BCUT2D eigenvalue weighted by molar-refractivity contribution is 5.92. The maximum Gasteiger partial charge on any atom is 0.573 e. The van der Waals surface area contributed by atoms with Crippen molar-refractivity contribution in [3.05, 3.63) is 155 Å². The predicted octanol–water partition coefficient (Wildman–Crippen LogP) is 8.71. The fourth-order valence-corrected chi connectivity index (χ4v) is 4.75. The number of hydrogen-bond acceptors (Lipinski definition) is 11. The van der Waals surface area contributed by atoms with Gasteiger partial charge >= 0.3 is 36.4 Å². The summed E-state index contributed by atoms with van der Waals surface area (Å²) in [4.78, 5) is 46.5. The molecule has 0 radical (unpaired) electrons. The number of halogens is 6. The van der Waals surface area contributed by atoms with Gasteiger partial charge in [0.15, 0.2) is 6.61 Å². The minimum atomic E-state index is -4.81. The van der Waals surface area contributed by atoms with Crippen molar-refractivity contribution in [1.29, 1.82) is 0 Å². The molecule has 0 saturated carbocycles. The van der Waals surface area contributed by atoms with Crippen molar-refractivity contribution in [1.82, 2.24) is 0 Å². The summed E-state index contributed by atoms with van der Waals surface area (Å²) < 4.78 is 96.6. The van der Waals surface area contributed by atoms with E-state index in [9.17, 15) is 45.5 Å². The molecule has 18 heteroatoms. The van der Waals surface area contributed by atoms with Gasteiger partial charge in [0.05, 0.1) is 17.7 Å². The summed E-state index contributed by atoms with van der Waals surface area (Å²) in [5.74, 6) is -3.09. The Labute approximate surface area is 343 Å². The molecular formula is C43H34F6N2O10. The van der Waals surface area contributed by atoms with Gasteiger partial charge in [-0.3, -0.25) is 0 Å². The number of anilines is 2. The molecule has 318 valence electrons. The van der Waals surface area contributed by atoms with Crippen LogP contribution in [0.5, 0.6) is 23.0 Å². The SMILES string of the molecule is Nc1ccc(N)c(CCOC(=O)C=Cc2ccc(OC(=O)c3ccc(OCC(F)(F)F)cc3)cc2)c1.O=C(O)/C=C/c1ccc(OC(=O)c2ccc(OC(F)(F)F)cc2)cc1. The number of nitrogens with two attached hydrogens (primary N) is 2. The normalized spacial score (nSPS) is 11.3. The van der Waals surface area contributed by atoms with Crippen LogP contribution < -0.4 is 30.4 Å². The van der Waals surface area contributed by atoms with Crippen LogP contribution in [-0.4, -0.2) is 54.7 Å². The van der Waals surface area contributed by atoms with Crippen LogP contribution in [0.4, 0.5) is 37.7 Å². The number of esters is 3. The summed E-state index contributed by atoms with van der Waals surface area (Å²) in [6.45, 7) is -1.28. The van der Waals surface area contributed by atoms with Gasteiger partial charge in [0, 0.05) is 29.9 Å². The van der Waals surface area contributed by atoms with E-state index in [0.29, 0.717) is 28.9 Å². The quantitative estimate of drug-likeness (QED) is 0.0318. The minimum absolute atomic E-state index is 0.0209. The molecule has 5 N–H and O–H groups in total. The van der Waals surface area contributed by atoms with Gasteiger partial charge in [-0.05, 0) is 120 Å². The Balaban J connectivity index is 0.000000287. The molecule has 12 nitrogen and oxygen atoms in total. The molecule has 5 rings (SSSR count). The third kappa shape index (κ3) is 16.9. The van der Waals surface area contributed by atoms with Crippen molar-refractivity contribution < 1.29 is 74.3 Å². The van der Waals surface area contributed by atoms with E-state index in [1.807, 2.05) is 0 Å². The van der Waals surface area contributed by atoms with Crippen molar-refractivity contribution in [3.8, 4) is 23.0 Å². The summed E-state index contributed by atoms with van der Waals surface area (Å²) >= 11 is 0. The second-order valence-corrected chi connectivity index (χ2v) is 12.3. The van der Waals surface area contributed by atoms with Gasteiger partial charge in [0.25, 0.3) is 0 Å². The van der Waals surface area contributed by atoms with E-state index in [1.54, 1.807) is 48.5 Å². The van der Waals surface area contributed by atoms with E-state index in [2.05, 4.69) is 9.47 Å². The first-order chi connectivity index (χ1) is 28.8. The van der Waals surface area contributed by atoms with Crippen molar-refractivity contribution in [2.45, 2.75) is 19.0 Å². The number of carboxylic acid groups (broad SMARTS) is 1. The van der Waals surface area contributed by atoms with Crippen LogP contribution in [0.1, 0.15) is 37.4 Å². The van der Waals surface area contributed by atoms with E-state index >= 15 is 0 Å². The standard InChI is InChI=1S/C26H23F3N2O5.C17H11F3O5/c27-26(28,29)16-35-21-9-4-18(5-10-21)25(33)36-22-7-1-17(2-8-22)3-12-24(32)34-14-13-19-15-20(30)6-11-23(19)31;18-17(19,20)25-14-8-4-12(5-9-14)16(23)24-13-6-1-11(2-7-13)3-10-15(21)22/h1-12,15H,13-14,16,30-31H2;1-10H,(H,21,22)/b;10-3+. The maximum absolute atomic E-state index is 12.3. The third-order valence-corrected chi connectivity index (χ3v) is 7.61. The number of aliphatic carboxylic acids is 1. The van der Waals surface area contributed by atoms with Crippen LogP contribution in [-0.2, 0) is 20.7 Å². The van der Waals surface area contributed by atoms with E-state index in [4.69, 9.17) is 30.8 Å². The van der Waals surface area contributed by atoms with Gasteiger partial charge in [0.2, 0.25) is 0 Å². The third-order valence-electron chi connectivity index (χ3n) is 7.61. The summed E-state index contributed by atoms with van der Waals surface area (Å²) in [7, 11) is 0. The van der Waals surface area contributed by atoms with Gasteiger partial charge in [-0.2, -0.15) is 13.2 Å². The lowest BCUT2D eigenvalue weighted by Crippen LogP contribution is -2.19. The average molecular weight is 853 g/mol. The van der Waals surface area contributed by atoms with Crippen LogP contribution in [0, 0.1) is 0 Å². The monoisotopic (exact) mass is 852 g/mol. The molecule has 0 spiro atoms. The lowest BCUT2D eigenvalue weighted by molar-refractivity contribution is -0.274. The van der Waals surface area contributed by atoms with Crippen LogP contribution in [0.2, 0.25) is 0 Å². The molecule has 0 saturated heterocycles. The van der Waals surface area contributed by atoms with Crippen LogP contribution >= 0.6 is 0 Å². The van der Waals surface area contributed by atoms with E-state index in [0.717, 1.165) is 35.9 Å². The van der Waals surface area contributed by atoms with Gasteiger partial charge in [0.1, 0.15) is 23.0 Å². The summed E-state index contributed by atoms with van der Waals surface area (Å²) in [5, 5.41) is 8.53. The van der Waals surface area contributed by atoms with Crippen LogP contribution in [0.15, 0.2) is 127 Å². The molecule has 0 bridgehead atoms. The number of nitrogen functional groups attached to an aromatic ring is 2. The molecule has 0 aromatic heterocycles. The number of benzene rings is 5. The fourth-order valence-electron chi connectivity index (χ4n) is 4.75. The van der Waals surface area contributed by atoms with Crippen molar-refractivity contribution in [2.75, 3.05) is 24.7 Å². The molecule has 0 aliphatic carbocycles. The number of rotatable bonds is 14.